The molecule has 4 heteroatoms. The summed E-state index contributed by atoms with van der Waals surface area (Å²) < 4.78 is 5.56. The second-order valence-corrected chi connectivity index (χ2v) is 8.23. The fourth-order valence-corrected chi connectivity index (χ4v) is 4.86. The lowest BCUT2D eigenvalue weighted by atomic mass is 9.81. The van der Waals surface area contributed by atoms with Gasteiger partial charge in [-0.15, -0.1) is 0 Å². The lowest BCUT2D eigenvalue weighted by Crippen LogP contribution is -2.56. The van der Waals surface area contributed by atoms with Crippen LogP contribution in [0.1, 0.15) is 53.6 Å². The number of carbonyl (C=O) groups is 1. The highest BCUT2D eigenvalue weighted by Crippen LogP contribution is 2.36. The number of amides is 1. The molecular weight excluding hydrogens is 348 g/mol. The predicted octanol–water partition coefficient (Wildman–Crippen LogP) is 4.32. The van der Waals surface area contributed by atoms with E-state index >= 15 is 0 Å². The van der Waals surface area contributed by atoms with Crippen molar-refractivity contribution in [3.8, 4) is 5.75 Å². The summed E-state index contributed by atoms with van der Waals surface area (Å²) in [6.07, 6.45) is 5.77. The molecule has 2 atom stereocenters. The monoisotopic (exact) mass is 378 g/mol. The fourth-order valence-electron chi connectivity index (χ4n) is 4.86. The number of nitrogens with zero attached hydrogens (tertiary/aromatic N) is 1. The second kappa shape index (κ2) is 8.36. The topological polar surface area (TPSA) is 41.6 Å². The van der Waals surface area contributed by atoms with Crippen molar-refractivity contribution in [2.45, 2.75) is 63.7 Å². The number of ether oxygens (including phenoxy) is 1. The Labute approximate surface area is 167 Å². The maximum atomic E-state index is 12.7. The Morgan fingerprint density at radius 3 is 2.43 bits per heavy atom. The average molecular weight is 379 g/mol. The largest absolute Gasteiger partial charge is 0.496 e. The highest BCUT2D eigenvalue weighted by Gasteiger charge is 2.38. The minimum absolute atomic E-state index is 0.0567. The molecule has 0 saturated carbocycles. The number of piperidine rings is 2. The molecule has 2 heterocycles. The number of methoxy groups -OCH3 is 1. The Bertz CT molecular complexity index is 804. The van der Waals surface area contributed by atoms with Crippen LogP contribution in [-0.4, -0.2) is 36.0 Å². The third-order valence-electron chi connectivity index (χ3n) is 6.32. The zero-order valence-electron chi connectivity index (χ0n) is 16.9. The van der Waals surface area contributed by atoms with Gasteiger partial charge < -0.3 is 10.1 Å². The summed E-state index contributed by atoms with van der Waals surface area (Å²) in [6, 6.07) is 17.5. The summed E-state index contributed by atoms with van der Waals surface area (Å²) in [6.45, 7) is 2.97. The summed E-state index contributed by atoms with van der Waals surface area (Å²) in [5.74, 6) is 1.02. The number of rotatable bonds is 5. The van der Waals surface area contributed by atoms with Crippen molar-refractivity contribution in [3.63, 3.8) is 0 Å². The van der Waals surface area contributed by atoms with Gasteiger partial charge in [-0.1, -0.05) is 42.3 Å². The van der Waals surface area contributed by atoms with Crippen molar-refractivity contribution >= 4 is 5.91 Å². The molecule has 0 aliphatic carbocycles. The highest BCUT2D eigenvalue weighted by atomic mass is 16.5. The Kier molecular flexibility index (Phi) is 5.67. The zero-order chi connectivity index (χ0) is 19.5. The van der Waals surface area contributed by atoms with Gasteiger partial charge in [0.15, 0.2) is 0 Å². The van der Waals surface area contributed by atoms with Crippen molar-refractivity contribution in [2.24, 2.45) is 0 Å². The lowest BCUT2D eigenvalue weighted by Gasteiger charge is -2.49. The molecule has 1 N–H and O–H groups in total. The van der Waals surface area contributed by atoms with Crippen LogP contribution in [0.3, 0.4) is 0 Å². The molecule has 4 nitrogen and oxygen atoms in total. The van der Waals surface area contributed by atoms with E-state index in [9.17, 15) is 4.79 Å². The lowest BCUT2D eigenvalue weighted by molar-refractivity contribution is 0.0172. The quantitative estimate of drug-likeness (QED) is 0.842. The van der Waals surface area contributed by atoms with Crippen LogP contribution < -0.4 is 10.1 Å². The molecule has 2 saturated heterocycles. The Morgan fingerprint density at radius 1 is 1.07 bits per heavy atom. The van der Waals surface area contributed by atoms with Crippen molar-refractivity contribution in [2.75, 3.05) is 7.11 Å². The van der Waals surface area contributed by atoms with Crippen LogP contribution in [0.2, 0.25) is 0 Å². The molecule has 2 fully saturated rings. The second-order valence-electron chi connectivity index (χ2n) is 8.23. The number of carbonyl (C=O) groups excluding carboxylic acids is 1. The molecule has 2 aromatic carbocycles. The van der Waals surface area contributed by atoms with Crippen LogP contribution in [0, 0.1) is 6.92 Å². The normalized spacial score (nSPS) is 24.6. The number of nitrogens with one attached hydrogen (secondary N) is 1. The third-order valence-corrected chi connectivity index (χ3v) is 6.32. The fraction of sp³-hybridized carbons (Fsp3) is 0.458. The van der Waals surface area contributed by atoms with Crippen molar-refractivity contribution < 1.29 is 9.53 Å². The molecule has 0 aromatic heterocycles. The van der Waals surface area contributed by atoms with E-state index in [0.717, 1.165) is 30.7 Å². The van der Waals surface area contributed by atoms with Gasteiger partial charge in [0.05, 0.1) is 7.11 Å². The standard InChI is InChI=1S/C24H30N2O2/c1-17-10-12-18(13-11-17)24(27)25-20-14-21-7-5-8-22(15-20)26(21)16-19-6-3-4-9-23(19)28-2/h3-4,6,9-13,20-22H,5,7-8,14-16H2,1-2H3,(H,25,27). The molecule has 2 aromatic rings. The van der Waals surface area contributed by atoms with Gasteiger partial charge in [0.1, 0.15) is 5.75 Å². The van der Waals surface area contributed by atoms with Crippen molar-refractivity contribution in [1.29, 1.82) is 0 Å². The number of fused-ring (bicyclic) bond motifs is 2. The first kappa shape index (κ1) is 19.0. The maximum absolute atomic E-state index is 12.7. The molecule has 2 aliphatic heterocycles. The summed E-state index contributed by atoms with van der Waals surface area (Å²) >= 11 is 0. The van der Waals surface area contributed by atoms with Gasteiger partial charge >= 0.3 is 0 Å². The average Bonchev–Trinajstić information content (AvgIpc) is 2.69. The minimum atomic E-state index is 0.0567. The molecule has 4 rings (SSSR count). The van der Waals surface area contributed by atoms with E-state index in [-0.39, 0.29) is 11.9 Å². The van der Waals surface area contributed by atoms with E-state index in [2.05, 4.69) is 22.3 Å². The molecule has 2 bridgehead atoms. The molecule has 28 heavy (non-hydrogen) atoms. The SMILES string of the molecule is COc1ccccc1CN1C2CCCC1CC(NC(=O)c1ccc(C)cc1)C2. The van der Waals surface area contributed by atoms with Gasteiger partial charge in [-0.25, -0.2) is 0 Å². The minimum Gasteiger partial charge on any atom is -0.496 e. The van der Waals surface area contributed by atoms with Crippen LogP contribution in [0.4, 0.5) is 0 Å². The Balaban J connectivity index is 1.43. The van der Waals surface area contributed by atoms with Gasteiger partial charge in [-0.05, 0) is 50.8 Å². The summed E-state index contributed by atoms with van der Waals surface area (Å²) in [7, 11) is 1.74. The van der Waals surface area contributed by atoms with Gasteiger partial charge in [-0.2, -0.15) is 0 Å². The molecular formula is C24H30N2O2. The van der Waals surface area contributed by atoms with E-state index in [1.807, 2.05) is 43.3 Å². The third kappa shape index (κ3) is 4.07. The van der Waals surface area contributed by atoms with E-state index in [0.29, 0.717) is 12.1 Å². The summed E-state index contributed by atoms with van der Waals surface area (Å²) in [5.41, 5.74) is 3.19. The van der Waals surface area contributed by atoms with E-state index in [1.165, 1.54) is 30.4 Å². The smallest absolute Gasteiger partial charge is 0.251 e. The Hall–Kier alpha value is -2.33. The molecule has 2 unspecified atom stereocenters. The van der Waals surface area contributed by atoms with E-state index in [4.69, 9.17) is 4.74 Å². The molecule has 0 spiro atoms. The maximum Gasteiger partial charge on any atom is 0.251 e. The van der Waals surface area contributed by atoms with Crippen LogP contribution in [0.15, 0.2) is 48.5 Å². The highest BCUT2D eigenvalue weighted by molar-refractivity contribution is 5.94. The molecule has 0 radical (unpaired) electrons. The molecule has 148 valence electrons. The van der Waals surface area contributed by atoms with Crippen LogP contribution >= 0.6 is 0 Å². The summed E-state index contributed by atoms with van der Waals surface area (Å²) in [4.78, 5) is 15.3. The molecule has 1 amide bonds. The van der Waals surface area contributed by atoms with Crippen LogP contribution in [0.5, 0.6) is 5.75 Å². The number of benzene rings is 2. The van der Waals surface area contributed by atoms with Gasteiger partial charge in [0.25, 0.3) is 5.91 Å². The predicted molar refractivity (Wildman–Crippen MR) is 112 cm³/mol. The van der Waals surface area contributed by atoms with Gasteiger partial charge in [0, 0.05) is 35.8 Å². The Morgan fingerprint density at radius 2 is 1.75 bits per heavy atom. The number of hydrogen-bond donors (Lipinski definition) is 1. The molecule has 2 aliphatic rings. The number of hydrogen-bond acceptors (Lipinski definition) is 3. The van der Waals surface area contributed by atoms with Crippen molar-refractivity contribution in [1.82, 2.24) is 10.2 Å². The van der Waals surface area contributed by atoms with Gasteiger partial charge in [0.2, 0.25) is 0 Å². The summed E-state index contributed by atoms with van der Waals surface area (Å²) in [5, 5.41) is 3.30. The van der Waals surface area contributed by atoms with Crippen molar-refractivity contribution in [3.05, 3.63) is 65.2 Å². The first-order valence-corrected chi connectivity index (χ1v) is 10.4. The van der Waals surface area contributed by atoms with E-state index < -0.39 is 0 Å². The van der Waals surface area contributed by atoms with Gasteiger partial charge in [-0.3, -0.25) is 9.69 Å². The van der Waals surface area contributed by atoms with Crippen LogP contribution in [-0.2, 0) is 6.54 Å². The van der Waals surface area contributed by atoms with E-state index in [1.54, 1.807) is 7.11 Å². The first-order chi connectivity index (χ1) is 13.6. The number of para-hydroxylation sites is 1. The van der Waals surface area contributed by atoms with Crippen LogP contribution in [0.25, 0.3) is 0 Å². The zero-order valence-corrected chi connectivity index (χ0v) is 16.9. The number of aryl methyl sites for hydroxylation is 1. The first-order valence-electron chi connectivity index (χ1n) is 10.4.